The van der Waals surface area contributed by atoms with Gasteiger partial charge in [-0.25, -0.2) is 17.1 Å². The summed E-state index contributed by atoms with van der Waals surface area (Å²) in [4.78, 5) is 31.1. The number of likely N-dealkylation sites (tertiary alicyclic amines) is 1. The number of fused-ring (bicyclic) bond motifs is 1. The molecule has 3 atom stereocenters. The van der Waals surface area contributed by atoms with E-state index in [-0.39, 0.29) is 51.2 Å². The molecule has 2 amide bonds. The lowest BCUT2D eigenvalue weighted by atomic mass is 9.80. The number of amides is 2. The summed E-state index contributed by atoms with van der Waals surface area (Å²) in [6.07, 6.45) is -1.68. The van der Waals surface area contributed by atoms with Crippen LogP contribution in [0.15, 0.2) is 65.6 Å². The molecule has 0 aromatic heterocycles. The number of carbonyl (C=O) groups excluding carboxylic acids is 2. The van der Waals surface area contributed by atoms with Crippen LogP contribution in [-0.2, 0) is 25.2 Å². The number of nitrogens with zero attached hydrogens (tertiary/aromatic N) is 3. The van der Waals surface area contributed by atoms with Crippen LogP contribution in [-0.4, -0.2) is 84.2 Å². The topological polar surface area (TPSA) is 106 Å². The van der Waals surface area contributed by atoms with Gasteiger partial charge in [-0.2, -0.15) is 0 Å². The average molecular weight is 632 g/mol. The molecule has 0 N–H and O–H groups in total. The number of hydrogen-bond acceptors (Lipinski definition) is 8. The molecular formula is C30H31ClFN3O7S. The van der Waals surface area contributed by atoms with Crippen molar-refractivity contribution >= 4 is 39.1 Å². The van der Waals surface area contributed by atoms with E-state index in [1.54, 1.807) is 24.3 Å². The minimum absolute atomic E-state index is 0.00321. The highest BCUT2D eigenvalue weighted by Crippen LogP contribution is 2.55. The zero-order chi connectivity index (χ0) is 31.3. The summed E-state index contributed by atoms with van der Waals surface area (Å²) in [6.45, 7) is -0.334. The second kappa shape index (κ2) is 11.3. The zero-order valence-corrected chi connectivity index (χ0v) is 25.8. The SMILES string of the molecule is COc1ccc(S(=O)(=O)N2C(=O)C(c3ccccc3OC)(N3C[C@@H](F)C[C@H]3C(=O)N(C)C)c3cc(Cl)ccc32)c(OC)c1. The van der Waals surface area contributed by atoms with Crippen LogP contribution < -0.4 is 18.5 Å². The Hall–Kier alpha value is -3.87. The Bertz CT molecular complexity index is 1700. The first kappa shape index (κ1) is 30.6. The van der Waals surface area contributed by atoms with Crippen molar-refractivity contribution in [1.29, 1.82) is 0 Å². The van der Waals surface area contributed by atoms with E-state index in [0.29, 0.717) is 10.1 Å². The van der Waals surface area contributed by atoms with Gasteiger partial charge in [0.2, 0.25) is 5.91 Å². The number of anilines is 1. The van der Waals surface area contributed by atoms with Crippen LogP contribution in [0.5, 0.6) is 17.2 Å². The summed E-state index contributed by atoms with van der Waals surface area (Å²) >= 11 is 6.49. The predicted octanol–water partition coefficient (Wildman–Crippen LogP) is 3.85. The van der Waals surface area contributed by atoms with Crippen LogP contribution in [0.25, 0.3) is 0 Å². The summed E-state index contributed by atoms with van der Waals surface area (Å²) in [5.74, 6) is -0.860. The maximum Gasteiger partial charge on any atom is 0.274 e. The summed E-state index contributed by atoms with van der Waals surface area (Å²) < 4.78 is 61.3. The highest BCUT2D eigenvalue weighted by Gasteiger charge is 2.64. The van der Waals surface area contributed by atoms with E-state index in [4.69, 9.17) is 25.8 Å². The van der Waals surface area contributed by atoms with Crippen molar-refractivity contribution in [1.82, 2.24) is 9.80 Å². The molecular weight excluding hydrogens is 601 g/mol. The van der Waals surface area contributed by atoms with Crippen LogP contribution in [0.2, 0.25) is 5.02 Å². The van der Waals surface area contributed by atoms with Crippen molar-refractivity contribution in [3.05, 3.63) is 76.8 Å². The van der Waals surface area contributed by atoms with Gasteiger partial charge >= 0.3 is 0 Å². The van der Waals surface area contributed by atoms with Crippen LogP contribution in [0, 0.1) is 0 Å². The van der Waals surface area contributed by atoms with Crippen LogP contribution in [0.4, 0.5) is 10.1 Å². The number of sulfonamides is 1. The van der Waals surface area contributed by atoms with E-state index in [1.165, 1.54) is 81.6 Å². The standard InChI is InChI=1S/C30H31ClFN3O7S/c1-33(2)28(36)24-15-19(32)17-34(24)30(21-8-6-7-9-25(21)41-4)22-14-18(31)10-12-23(22)35(29(30)37)43(38,39)27-13-11-20(40-3)16-26(27)42-5/h6-14,16,19,24H,15,17H2,1-5H3/t19-,24-,30?/m0/s1. The number of ether oxygens (including phenoxy) is 3. The van der Waals surface area contributed by atoms with Crippen LogP contribution in [0.1, 0.15) is 17.5 Å². The highest BCUT2D eigenvalue weighted by atomic mass is 35.5. The van der Waals surface area contributed by atoms with Crippen molar-refractivity contribution in [2.75, 3.05) is 46.3 Å². The molecule has 0 saturated carbocycles. The fourth-order valence-corrected chi connectivity index (χ4v) is 7.77. The second-order valence-corrected chi connectivity index (χ2v) is 12.6. The Morgan fingerprint density at radius 2 is 1.67 bits per heavy atom. The molecule has 2 aliphatic rings. The fourth-order valence-electron chi connectivity index (χ4n) is 6.00. The van der Waals surface area contributed by atoms with Gasteiger partial charge in [-0.05, 0) is 36.4 Å². The summed E-state index contributed by atoms with van der Waals surface area (Å²) in [6, 6.07) is 13.9. The van der Waals surface area contributed by atoms with Crippen molar-refractivity contribution in [3.63, 3.8) is 0 Å². The smallest absolute Gasteiger partial charge is 0.274 e. The average Bonchev–Trinajstić information content (AvgIpc) is 3.50. The number of carbonyl (C=O) groups is 2. The molecule has 3 aromatic carbocycles. The monoisotopic (exact) mass is 631 g/mol. The van der Waals surface area contributed by atoms with Gasteiger partial charge in [-0.3, -0.25) is 14.5 Å². The number of methoxy groups -OCH3 is 3. The molecule has 5 rings (SSSR count). The van der Waals surface area contributed by atoms with Crippen LogP contribution >= 0.6 is 11.6 Å². The summed E-state index contributed by atoms with van der Waals surface area (Å²) in [7, 11) is 2.54. The highest BCUT2D eigenvalue weighted by molar-refractivity contribution is 7.93. The second-order valence-electron chi connectivity index (χ2n) is 10.4. The molecule has 10 nitrogen and oxygen atoms in total. The van der Waals surface area contributed by atoms with E-state index < -0.39 is 39.6 Å². The van der Waals surface area contributed by atoms with Gasteiger partial charge in [0, 0.05) is 49.3 Å². The number of likely N-dealkylation sites (N-methyl/N-ethyl adjacent to an activating group) is 1. The largest absolute Gasteiger partial charge is 0.497 e. The number of halogens is 2. The molecule has 3 aromatic rings. The number of para-hydroxylation sites is 1. The van der Waals surface area contributed by atoms with Gasteiger partial charge in [-0.15, -0.1) is 0 Å². The maximum absolute atomic E-state index is 15.4. The predicted molar refractivity (Wildman–Crippen MR) is 158 cm³/mol. The molecule has 0 spiro atoms. The first-order valence-electron chi connectivity index (χ1n) is 13.3. The minimum Gasteiger partial charge on any atom is -0.497 e. The molecule has 13 heteroatoms. The molecule has 0 bridgehead atoms. The third-order valence-corrected chi connectivity index (χ3v) is 9.83. The molecule has 1 unspecified atom stereocenters. The molecule has 2 heterocycles. The zero-order valence-electron chi connectivity index (χ0n) is 24.2. The molecule has 43 heavy (non-hydrogen) atoms. The van der Waals surface area contributed by atoms with E-state index in [2.05, 4.69) is 0 Å². The van der Waals surface area contributed by atoms with Gasteiger partial charge in [0.25, 0.3) is 15.9 Å². The Morgan fingerprint density at radius 3 is 2.33 bits per heavy atom. The van der Waals surface area contributed by atoms with E-state index in [9.17, 15) is 13.2 Å². The van der Waals surface area contributed by atoms with Gasteiger partial charge in [0.05, 0.1) is 33.1 Å². The van der Waals surface area contributed by atoms with E-state index in [0.717, 1.165) is 0 Å². The molecule has 0 radical (unpaired) electrons. The van der Waals surface area contributed by atoms with E-state index in [1.807, 2.05) is 0 Å². The van der Waals surface area contributed by atoms with Gasteiger partial charge in [0.15, 0.2) is 5.54 Å². The lowest BCUT2D eigenvalue weighted by Gasteiger charge is -2.42. The Balaban J connectivity index is 1.86. The molecule has 1 fully saturated rings. The van der Waals surface area contributed by atoms with Gasteiger partial charge in [-0.1, -0.05) is 29.8 Å². The van der Waals surface area contributed by atoms with Crippen molar-refractivity contribution in [3.8, 4) is 17.2 Å². The molecule has 1 saturated heterocycles. The minimum atomic E-state index is -4.67. The third-order valence-electron chi connectivity index (χ3n) is 7.85. The maximum atomic E-state index is 15.4. The third kappa shape index (κ3) is 4.68. The molecule has 2 aliphatic heterocycles. The normalized spacial score (nSPS) is 21.9. The number of benzene rings is 3. The fraction of sp³-hybridized carbons (Fsp3) is 0.333. The molecule has 0 aliphatic carbocycles. The van der Waals surface area contributed by atoms with Gasteiger partial charge < -0.3 is 19.1 Å². The number of hydrogen-bond donors (Lipinski definition) is 0. The van der Waals surface area contributed by atoms with Gasteiger partial charge in [0.1, 0.15) is 28.3 Å². The number of alkyl halides is 1. The summed E-state index contributed by atoms with van der Waals surface area (Å²) in [5, 5.41) is 0.207. The van der Waals surface area contributed by atoms with Crippen molar-refractivity contribution < 1.29 is 36.6 Å². The quantitative estimate of drug-likeness (QED) is 0.369. The first-order chi connectivity index (χ1) is 20.4. The number of rotatable bonds is 8. The van der Waals surface area contributed by atoms with Crippen molar-refractivity contribution in [2.45, 2.75) is 29.1 Å². The first-order valence-corrected chi connectivity index (χ1v) is 15.1. The molecule has 228 valence electrons. The Kier molecular flexibility index (Phi) is 8.05. The Labute approximate surface area is 254 Å². The van der Waals surface area contributed by atoms with Crippen LogP contribution in [0.3, 0.4) is 0 Å². The Morgan fingerprint density at radius 1 is 0.977 bits per heavy atom. The van der Waals surface area contributed by atoms with Crippen molar-refractivity contribution in [2.24, 2.45) is 0 Å². The van der Waals surface area contributed by atoms with E-state index >= 15 is 9.18 Å². The lowest BCUT2D eigenvalue weighted by molar-refractivity contribution is -0.138. The summed E-state index contributed by atoms with van der Waals surface area (Å²) in [5.41, 5.74) is -1.62. The lowest BCUT2D eigenvalue weighted by Crippen LogP contribution is -2.59.